The lowest BCUT2D eigenvalue weighted by Gasteiger charge is -2.20. The van der Waals surface area contributed by atoms with Crippen molar-refractivity contribution in [2.45, 2.75) is 45.2 Å². The molecule has 0 radical (unpaired) electrons. The molecule has 0 fully saturated rings. The predicted octanol–water partition coefficient (Wildman–Crippen LogP) is 6.56. The number of halogens is 4. The van der Waals surface area contributed by atoms with Crippen LogP contribution < -0.4 is 10.1 Å². The highest BCUT2D eigenvalue weighted by atomic mass is 79.9. The molecule has 0 atom stereocenters. The maximum Gasteiger partial charge on any atom is 0.416 e. The average Bonchev–Trinajstić information content (AvgIpc) is 2.58. The van der Waals surface area contributed by atoms with E-state index in [2.05, 4.69) is 42.0 Å². The van der Waals surface area contributed by atoms with Crippen LogP contribution in [0.3, 0.4) is 0 Å². The Morgan fingerprint density at radius 2 is 1.79 bits per heavy atom. The molecule has 152 valence electrons. The van der Waals surface area contributed by atoms with Crippen LogP contribution in [-0.4, -0.2) is 12.5 Å². The fourth-order valence-electron chi connectivity index (χ4n) is 2.50. The van der Waals surface area contributed by atoms with Crippen LogP contribution in [0, 0.1) is 0 Å². The third-order valence-corrected chi connectivity index (χ3v) is 4.70. The Morgan fingerprint density at radius 1 is 1.07 bits per heavy atom. The summed E-state index contributed by atoms with van der Waals surface area (Å²) in [7, 11) is 0. The van der Waals surface area contributed by atoms with E-state index in [9.17, 15) is 18.0 Å². The zero-order valence-corrected chi connectivity index (χ0v) is 17.6. The van der Waals surface area contributed by atoms with E-state index in [0.717, 1.165) is 16.6 Å². The highest BCUT2D eigenvalue weighted by Gasteiger charge is 2.30. The van der Waals surface area contributed by atoms with Crippen molar-refractivity contribution in [2.75, 3.05) is 11.9 Å². The molecule has 3 nitrogen and oxygen atoms in total. The Kier molecular flexibility index (Phi) is 7.15. The van der Waals surface area contributed by atoms with E-state index < -0.39 is 11.7 Å². The number of alkyl halides is 3. The van der Waals surface area contributed by atoms with Gasteiger partial charge in [-0.3, -0.25) is 4.79 Å². The molecule has 0 bridgehead atoms. The first-order valence-corrected chi connectivity index (χ1v) is 9.66. The van der Waals surface area contributed by atoms with Crippen molar-refractivity contribution in [3.63, 3.8) is 0 Å². The molecule has 2 rings (SSSR count). The molecule has 0 heterocycles. The Balaban J connectivity index is 1.82. The topological polar surface area (TPSA) is 38.3 Å². The molecule has 0 aromatic heterocycles. The lowest BCUT2D eigenvalue weighted by Crippen LogP contribution is -2.14. The van der Waals surface area contributed by atoms with Gasteiger partial charge in [0.25, 0.3) is 0 Å². The molecule has 7 heteroatoms. The Bertz CT molecular complexity index is 829. The van der Waals surface area contributed by atoms with Gasteiger partial charge in [-0.15, -0.1) is 0 Å². The summed E-state index contributed by atoms with van der Waals surface area (Å²) in [6.45, 7) is 6.69. The number of ether oxygens (including phenoxy) is 1. The normalized spacial score (nSPS) is 12.0. The molecule has 0 saturated carbocycles. The third-order valence-electron chi connectivity index (χ3n) is 4.08. The first-order chi connectivity index (χ1) is 13.0. The van der Waals surface area contributed by atoms with Crippen molar-refractivity contribution in [2.24, 2.45) is 0 Å². The summed E-state index contributed by atoms with van der Waals surface area (Å²) >= 11 is 3.49. The summed E-state index contributed by atoms with van der Waals surface area (Å²) in [5.41, 5.74) is 0.536. The van der Waals surface area contributed by atoms with Gasteiger partial charge < -0.3 is 10.1 Å². The molecule has 2 aromatic carbocycles. The predicted molar refractivity (Wildman–Crippen MR) is 108 cm³/mol. The van der Waals surface area contributed by atoms with Gasteiger partial charge >= 0.3 is 6.18 Å². The smallest absolute Gasteiger partial charge is 0.416 e. The minimum Gasteiger partial charge on any atom is -0.492 e. The van der Waals surface area contributed by atoms with Gasteiger partial charge in [0.1, 0.15) is 5.75 Å². The van der Waals surface area contributed by atoms with Crippen LogP contribution in [0.15, 0.2) is 46.9 Å². The monoisotopic (exact) mass is 457 g/mol. The summed E-state index contributed by atoms with van der Waals surface area (Å²) < 4.78 is 44.6. The highest BCUT2D eigenvalue weighted by Crippen LogP contribution is 2.32. The number of amides is 1. The lowest BCUT2D eigenvalue weighted by molar-refractivity contribution is -0.137. The van der Waals surface area contributed by atoms with E-state index >= 15 is 0 Å². The summed E-state index contributed by atoms with van der Waals surface area (Å²) in [5.74, 6) is 0.330. The van der Waals surface area contributed by atoms with Gasteiger partial charge in [-0.25, -0.2) is 0 Å². The van der Waals surface area contributed by atoms with E-state index in [1.54, 1.807) is 0 Å². The fraction of sp³-hybridized carbons (Fsp3) is 0.381. The van der Waals surface area contributed by atoms with Crippen LogP contribution in [0.2, 0.25) is 0 Å². The van der Waals surface area contributed by atoms with Crippen LogP contribution in [0.1, 0.15) is 44.7 Å². The maximum atomic E-state index is 12.7. The molecule has 0 aliphatic carbocycles. The van der Waals surface area contributed by atoms with Crippen LogP contribution in [0.25, 0.3) is 0 Å². The fourth-order valence-corrected chi connectivity index (χ4v) is 2.99. The second kappa shape index (κ2) is 8.99. The number of carbonyl (C=O) groups excluding carboxylic acids is 1. The van der Waals surface area contributed by atoms with Gasteiger partial charge in [0.2, 0.25) is 5.91 Å². The second-order valence-electron chi connectivity index (χ2n) is 7.47. The third kappa shape index (κ3) is 6.55. The Morgan fingerprint density at radius 3 is 2.39 bits per heavy atom. The molecular weight excluding hydrogens is 435 g/mol. The van der Waals surface area contributed by atoms with E-state index in [-0.39, 0.29) is 23.4 Å². The molecule has 0 spiro atoms. The average molecular weight is 458 g/mol. The number of rotatable bonds is 6. The second-order valence-corrected chi connectivity index (χ2v) is 8.33. The summed E-state index contributed by atoms with van der Waals surface area (Å²) in [6, 6.07) is 10.5. The molecule has 2 aromatic rings. The van der Waals surface area contributed by atoms with Crippen molar-refractivity contribution in [3.8, 4) is 5.75 Å². The van der Waals surface area contributed by atoms with Gasteiger partial charge in [0.15, 0.2) is 0 Å². The zero-order valence-electron chi connectivity index (χ0n) is 16.0. The maximum absolute atomic E-state index is 12.7. The van der Waals surface area contributed by atoms with Crippen LogP contribution in [0.4, 0.5) is 18.9 Å². The van der Waals surface area contributed by atoms with Crippen molar-refractivity contribution < 1.29 is 22.7 Å². The number of anilines is 1. The summed E-state index contributed by atoms with van der Waals surface area (Å²) in [6.07, 6.45) is -3.85. The van der Waals surface area contributed by atoms with Crippen molar-refractivity contribution >= 4 is 27.5 Å². The van der Waals surface area contributed by atoms with E-state index in [4.69, 9.17) is 4.74 Å². The first-order valence-electron chi connectivity index (χ1n) is 8.87. The lowest BCUT2D eigenvalue weighted by atomic mass is 9.87. The van der Waals surface area contributed by atoms with Gasteiger partial charge in [-0.05, 0) is 63.7 Å². The molecular formula is C21H23BrF3NO2. The number of hydrogen-bond acceptors (Lipinski definition) is 2. The molecule has 1 amide bonds. The van der Waals surface area contributed by atoms with Crippen LogP contribution >= 0.6 is 15.9 Å². The molecule has 0 aliphatic heterocycles. The first kappa shape index (κ1) is 22.3. The number of carbonyl (C=O) groups is 1. The number of hydrogen-bond donors (Lipinski definition) is 1. The number of nitrogens with one attached hydrogen (secondary N) is 1. The standard InChI is InChI=1S/C21H23BrF3NO2/c1-20(2,3)14-9-10-18(17(22)13-14)28-11-5-8-19(27)26-16-7-4-6-15(12-16)21(23,24)25/h4,6-7,9-10,12-13H,5,8,11H2,1-3H3,(H,26,27). The Labute approximate surface area is 171 Å². The zero-order chi connectivity index (χ0) is 20.9. The largest absolute Gasteiger partial charge is 0.492 e. The minimum absolute atomic E-state index is 0.0303. The molecule has 0 unspecified atom stereocenters. The van der Waals surface area contributed by atoms with Gasteiger partial charge in [-0.2, -0.15) is 13.2 Å². The highest BCUT2D eigenvalue weighted by molar-refractivity contribution is 9.10. The Hall–Kier alpha value is -2.02. The summed E-state index contributed by atoms with van der Waals surface area (Å²) in [5, 5.41) is 2.48. The molecule has 28 heavy (non-hydrogen) atoms. The van der Waals surface area contributed by atoms with Crippen molar-refractivity contribution in [1.29, 1.82) is 0 Å². The SMILES string of the molecule is CC(C)(C)c1ccc(OCCCC(=O)Nc2cccc(C(F)(F)F)c2)c(Br)c1. The van der Waals surface area contributed by atoms with E-state index in [0.29, 0.717) is 18.8 Å². The minimum atomic E-state index is -4.44. The van der Waals surface area contributed by atoms with Gasteiger partial charge in [-0.1, -0.05) is 32.9 Å². The number of benzene rings is 2. The van der Waals surface area contributed by atoms with Crippen molar-refractivity contribution in [3.05, 3.63) is 58.1 Å². The van der Waals surface area contributed by atoms with Crippen LogP contribution in [0.5, 0.6) is 5.75 Å². The summed E-state index contributed by atoms with van der Waals surface area (Å²) in [4.78, 5) is 11.9. The van der Waals surface area contributed by atoms with E-state index in [1.807, 2.05) is 18.2 Å². The van der Waals surface area contributed by atoms with Crippen LogP contribution in [-0.2, 0) is 16.4 Å². The van der Waals surface area contributed by atoms with Crippen molar-refractivity contribution in [1.82, 2.24) is 0 Å². The van der Waals surface area contributed by atoms with E-state index in [1.165, 1.54) is 17.7 Å². The molecule has 1 N–H and O–H groups in total. The molecule has 0 saturated heterocycles. The van der Waals surface area contributed by atoms with Gasteiger partial charge in [0, 0.05) is 12.1 Å². The molecule has 0 aliphatic rings. The quantitative estimate of drug-likeness (QED) is 0.498. The van der Waals surface area contributed by atoms with Gasteiger partial charge in [0.05, 0.1) is 16.6 Å².